The Bertz CT molecular complexity index is 853. The number of ether oxygens (including phenoxy) is 1. The molecule has 2 aromatic rings. The summed E-state index contributed by atoms with van der Waals surface area (Å²) in [6.07, 6.45) is 3.58. The number of anilines is 1. The first-order valence-corrected chi connectivity index (χ1v) is 11.3. The molecule has 28 heavy (non-hydrogen) atoms. The summed E-state index contributed by atoms with van der Waals surface area (Å²) in [6.45, 7) is 5.61. The first-order valence-electron chi connectivity index (χ1n) is 9.64. The Morgan fingerprint density at radius 1 is 1.21 bits per heavy atom. The zero-order chi connectivity index (χ0) is 20.0. The number of rotatable bonds is 8. The van der Waals surface area contributed by atoms with Gasteiger partial charge in [-0.25, -0.2) is 13.1 Å². The highest BCUT2D eigenvalue weighted by Gasteiger charge is 2.30. The van der Waals surface area contributed by atoms with Crippen LogP contribution in [0.4, 0.5) is 5.69 Å². The molecule has 1 fully saturated rings. The molecule has 7 nitrogen and oxygen atoms in total. The molecule has 0 aliphatic carbocycles. The Morgan fingerprint density at radius 3 is 2.61 bits per heavy atom. The van der Waals surface area contributed by atoms with Gasteiger partial charge in [0.2, 0.25) is 10.0 Å². The van der Waals surface area contributed by atoms with Gasteiger partial charge in [0.15, 0.2) is 0 Å². The summed E-state index contributed by atoms with van der Waals surface area (Å²) in [6, 6.07) is 12.0. The number of benzene rings is 1. The van der Waals surface area contributed by atoms with Crippen molar-refractivity contribution in [1.29, 1.82) is 0 Å². The summed E-state index contributed by atoms with van der Waals surface area (Å²) in [7, 11) is -1.54. The molecule has 1 aromatic heterocycles. The lowest BCUT2D eigenvalue weighted by Crippen LogP contribution is -3.15. The summed E-state index contributed by atoms with van der Waals surface area (Å²) in [5, 5.41) is 0. The average molecular weight is 406 g/mol. The molecular formula is C20H29N4O3S+. The van der Waals surface area contributed by atoms with E-state index >= 15 is 0 Å². The Hall–Kier alpha value is -2.16. The molecule has 2 N–H and O–H groups in total. The molecule has 1 aliphatic heterocycles. The zero-order valence-electron chi connectivity index (χ0n) is 16.5. The van der Waals surface area contributed by atoms with E-state index in [1.54, 1.807) is 20.2 Å². The lowest BCUT2D eigenvalue weighted by atomic mass is 10.1. The minimum absolute atomic E-state index is 0.0369. The van der Waals surface area contributed by atoms with Gasteiger partial charge in [-0.2, -0.15) is 0 Å². The predicted molar refractivity (Wildman–Crippen MR) is 110 cm³/mol. The van der Waals surface area contributed by atoms with E-state index < -0.39 is 10.0 Å². The van der Waals surface area contributed by atoms with E-state index in [-0.39, 0.29) is 11.8 Å². The van der Waals surface area contributed by atoms with E-state index in [4.69, 9.17) is 4.74 Å². The van der Waals surface area contributed by atoms with E-state index in [2.05, 4.69) is 20.7 Å². The van der Waals surface area contributed by atoms with Crippen molar-refractivity contribution < 1.29 is 18.1 Å². The molecule has 152 valence electrons. The Morgan fingerprint density at radius 2 is 1.96 bits per heavy atom. The number of hydrogen-bond donors (Lipinski definition) is 2. The third-order valence-electron chi connectivity index (χ3n) is 5.30. The summed E-state index contributed by atoms with van der Waals surface area (Å²) in [4.78, 5) is 7.92. The van der Waals surface area contributed by atoms with Gasteiger partial charge in [0.05, 0.1) is 51.3 Å². The van der Waals surface area contributed by atoms with Gasteiger partial charge in [0.25, 0.3) is 0 Å². The molecule has 0 saturated carbocycles. The van der Waals surface area contributed by atoms with Crippen LogP contribution < -0.4 is 19.3 Å². The lowest BCUT2D eigenvalue weighted by molar-refractivity contribution is -0.930. The van der Waals surface area contributed by atoms with Crippen LogP contribution in [-0.2, 0) is 10.0 Å². The number of aromatic nitrogens is 1. The molecule has 0 bridgehead atoms. The molecule has 1 aromatic carbocycles. The Kier molecular flexibility index (Phi) is 6.88. The first-order chi connectivity index (χ1) is 13.5. The fraction of sp³-hybridized carbons (Fsp3) is 0.450. The second-order valence-corrected chi connectivity index (χ2v) is 9.00. The van der Waals surface area contributed by atoms with Gasteiger partial charge >= 0.3 is 0 Å². The molecule has 8 heteroatoms. The topological polar surface area (TPSA) is 76.0 Å². The van der Waals surface area contributed by atoms with Crippen molar-refractivity contribution in [3.05, 3.63) is 54.4 Å². The van der Waals surface area contributed by atoms with Crippen LogP contribution in [0, 0.1) is 0 Å². The minimum atomic E-state index is -3.23. The van der Waals surface area contributed by atoms with Crippen LogP contribution in [0.15, 0.2) is 48.8 Å². The second-order valence-electron chi connectivity index (χ2n) is 6.91. The van der Waals surface area contributed by atoms with Gasteiger partial charge in [-0.3, -0.25) is 4.98 Å². The van der Waals surface area contributed by atoms with Crippen molar-refractivity contribution in [3.63, 3.8) is 0 Å². The molecule has 1 atom stereocenters. The fourth-order valence-electron chi connectivity index (χ4n) is 3.67. The fourth-order valence-corrected chi connectivity index (χ4v) is 4.29. The molecule has 1 saturated heterocycles. The van der Waals surface area contributed by atoms with Crippen LogP contribution in [-0.4, -0.2) is 59.0 Å². The van der Waals surface area contributed by atoms with Crippen molar-refractivity contribution in [1.82, 2.24) is 9.71 Å². The van der Waals surface area contributed by atoms with Gasteiger partial charge in [0, 0.05) is 18.0 Å². The predicted octanol–water partition coefficient (Wildman–Crippen LogP) is 0.476. The SMILES string of the molecule is CCS(=O)(=O)NCC(c1cccnc1)[NH+]1CCN(c2ccccc2OC)CC1. The maximum atomic E-state index is 12.0. The smallest absolute Gasteiger partial charge is 0.211 e. The number of methoxy groups -OCH3 is 1. The molecule has 3 rings (SSSR count). The summed E-state index contributed by atoms with van der Waals surface area (Å²) >= 11 is 0. The van der Waals surface area contributed by atoms with Crippen LogP contribution in [0.1, 0.15) is 18.5 Å². The first kappa shape index (κ1) is 20.6. The van der Waals surface area contributed by atoms with Crippen molar-refractivity contribution in [3.8, 4) is 5.75 Å². The largest absolute Gasteiger partial charge is 0.495 e. The highest BCUT2D eigenvalue weighted by Crippen LogP contribution is 2.27. The average Bonchev–Trinajstić information content (AvgIpc) is 2.75. The monoisotopic (exact) mass is 405 g/mol. The number of pyridine rings is 1. The number of piperazine rings is 1. The Labute approximate surface area is 167 Å². The number of quaternary nitrogens is 1. The highest BCUT2D eigenvalue weighted by atomic mass is 32.2. The van der Waals surface area contributed by atoms with Crippen LogP contribution in [0.3, 0.4) is 0 Å². The van der Waals surface area contributed by atoms with Crippen LogP contribution in [0.5, 0.6) is 5.75 Å². The molecule has 1 unspecified atom stereocenters. The quantitative estimate of drug-likeness (QED) is 0.668. The molecule has 1 aliphatic rings. The van der Waals surface area contributed by atoms with Gasteiger partial charge in [-0.05, 0) is 31.2 Å². The van der Waals surface area contributed by atoms with Crippen molar-refractivity contribution in [2.24, 2.45) is 0 Å². The van der Waals surface area contributed by atoms with E-state index in [0.717, 1.165) is 43.2 Å². The number of hydrogen-bond acceptors (Lipinski definition) is 5. The Balaban J connectivity index is 1.72. The molecule has 0 amide bonds. The van der Waals surface area contributed by atoms with Gasteiger partial charge < -0.3 is 14.5 Å². The minimum Gasteiger partial charge on any atom is -0.495 e. The maximum absolute atomic E-state index is 12.0. The van der Waals surface area contributed by atoms with Crippen molar-refractivity contribution >= 4 is 15.7 Å². The van der Waals surface area contributed by atoms with E-state index in [1.165, 1.54) is 4.90 Å². The second kappa shape index (κ2) is 9.36. The molecular weight excluding hydrogens is 376 g/mol. The highest BCUT2D eigenvalue weighted by molar-refractivity contribution is 7.89. The van der Waals surface area contributed by atoms with E-state index in [1.807, 2.05) is 36.5 Å². The van der Waals surface area contributed by atoms with Crippen molar-refractivity contribution in [2.75, 3.05) is 50.5 Å². The van der Waals surface area contributed by atoms with Crippen LogP contribution in [0.2, 0.25) is 0 Å². The summed E-state index contributed by atoms with van der Waals surface area (Å²) < 4.78 is 32.2. The number of nitrogens with one attached hydrogen (secondary N) is 2. The van der Waals surface area contributed by atoms with Gasteiger partial charge in [0.1, 0.15) is 11.8 Å². The van der Waals surface area contributed by atoms with Gasteiger partial charge in [-0.15, -0.1) is 0 Å². The molecule has 2 heterocycles. The maximum Gasteiger partial charge on any atom is 0.211 e. The number of sulfonamides is 1. The van der Waals surface area contributed by atoms with E-state index in [9.17, 15) is 8.42 Å². The van der Waals surface area contributed by atoms with Crippen LogP contribution >= 0.6 is 0 Å². The number of nitrogens with zero attached hydrogens (tertiary/aromatic N) is 2. The lowest BCUT2D eigenvalue weighted by Gasteiger charge is -2.38. The van der Waals surface area contributed by atoms with Gasteiger partial charge in [-0.1, -0.05) is 12.1 Å². The number of para-hydroxylation sites is 2. The third kappa shape index (κ3) is 5.01. The normalized spacial score (nSPS) is 16.7. The summed E-state index contributed by atoms with van der Waals surface area (Å²) in [5.74, 6) is 0.967. The van der Waals surface area contributed by atoms with Crippen molar-refractivity contribution in [2.45, 2.75) is 13.0 Å². The van der Waals surface area contributed by atoms with E-state index in [0.29, 0.717) is 6.54 Å². The zero-order valence-corrected chi connectivity index (χ0v) is 17.3. The third-order valence-corrected chi connectivity index (χ3v) is 6.67. The summed E-state index contributed by atoms with van der Waals surface area (Å²) in [5.41, 5.74) is 2.16. The molecule has 0 spiro atoms. The molecule has 0 radical (unpaired) electrons. The standard InChI is InChI=1S/C20H28N4O3S/c1-3-28(25,26)22-16-19(17-7-6-10-21-15-17)24-13-11-23(12-14-24)18-8-4-5-9-20(18)27-2/h4-10,15,19,22H,3,11-14,16H2,1-2H3/p+1. The van der Waals surface area contributed by atoms with Crippen LogP contribution in [0.25, 0.3) is 0 Å².